The van der Waals surface area contributed by atoms with E-state index in [1.807, 2.05) is 6.08 Å². The number of ether oxygens (including phenoxy) is 1. The molecule has 1 rings (SSSR count). The Morgan fingerprint density at radius 1 is 1.10 bits per heavy atom. The van der Waals surface area contributed by atoms with Crippen LogP contribution in [0.3, 0.4) is 0 Å². The van der Waals surface area contributed by atoms with E-state index in [9.17, 15) is 9.59 Å². The van der Waals surface area contributed by atoms with Crippen molar-refractivity contribution in [3.63, 3.8) is 0 Å². The molecule has 112 valence electrons. The number of ketones is 1. The molecule has 1 aliphatic rings. The lowest BCUT2D eigenvalue weighted by atomic mass is 9.87. The van der Waals surface area contributed by atoms with E-state index in [1.165, 1.54) is 38.2 Å². The van der Waals surface area contributed by atoms with Crippen molar-refractivity contribution in [1.82, 2.24) is 0 Å². The van der Waals surface area contributed by atoms with Crippen molar-refractivity contribution in [2.45, 2.75) is 58.8 Å². The Kier molecular flexibility index (Phi) is 7.93. The Hall–Kier alpha value is -1.38. The topological polar surface area (TPSA) is 43.4 Å². The molecule has 0 aromatic rings. The van der Waals surface area contributed by atoms with Crippen LogP contribution < -0.4 is 0 Å². The van der Waals surface area contributed by atoms with E-state index in [0.717, 1.165) is 5.57 Å². The van der Waals surface area contributed by atoms with Crippen molar-refractivity contribution in [3.8, 4) is 0 Å². The zero-order valence-corrected chi connectivity index (χ0v) is 12.7. The average molecular weight is 278 g/mol. The third-order valence-corrected chi connectivity index (χ3v) is 3.59. The van der Waals surface area contributed by atoms with Gasteiger partial charge in [0.25, 0.3) is 0 Å². The summed E-state index contributed by atoms with van der Waals surface area (Å²) in [5, 5.41) is 0. The second-order valence-electron chi connectivity index (χ2n) is 5.43. The van der Waals surface area contributed by atoms with Gasteiger partial charge in [0.2, 0.25) is 0 Å². The number of carbonyl (C=O) groups is 2. The first-order valence-electron chi connectivity index (χ1n) is 7.66. The zero-order valence-electron chi connectivity index (χ0n) is 12.7. The first-order chi connectivity index (χ1) is 9.61. The summed E-state index contributed by atoms with van der Waals surface area (Å²) in [4.78, 5) is 22.5. The first kappa shape index (κ1) is 16.7. The van der Waals surface area contributed by atoms with Crippen LogP contribution in [-0.2, 0) is 14.3 Å². The molecule has 20 heavy (non-hydrogen) atoms. The quantitative estimate of drug-likeness (QED) is 0.402. The van der Waals surface area contributed by atoms with Crippen LogP contribution in [0.2, 0.25) is 0 Å². The fourth-order valence-electron chi connectivity index (χ4n) is 2.51. The fraction of sp³-hybridized carbons (Fsp3) is 0.647. The third kappa shape index (κ3) is 7.27. The molecule has 0 atom stereocenters. The molecule has 1 aliphatic carbocycles. The Balaban J connectivity index is 2.64. The minimum absolute atomic E-state index is 0.184. The summed E-state index contributed by atoms with van der Waals surface area (Å²) in [5.74, 6) is 0.464. The van der Waals surface area contributed by atoms with Crippen molar-refractivity contribution in [2.75, 3.05) is 6.61 Å². The van der Waals surface area contributed by atoms with Crippen molar-refractivity contribution in [3.05, 3.63) is 23.8 Å². The number of esters is 1. The minimum atomic E-state index is -0.315. The van der Waals surface area contributed by atoms with E-state index in [4.69, 9.17) is 4.74 Å². The lowest BCUT2D eigenvalue weighted by Gasteiger charge is -2.19. The van der Waals surface area contributed by atoms with E-state index in [2.05, 4.69) is 6.08 Å². The van der Waals surface area contributed by atoms with Crippen LogP contribution in [0.1, 0.15) is 58.8 Å². The van der Waals surface area contributed by atoms with Crippen LogP contribution >= 0.6 is 0 Å². The van der Waals surface area contributed by atoms with Gasteiger partial charge in [0, 0.05) is 12.5 Å². The van der Waals surface area contributed by atoms with Crippen molar-refractivity contribution in [2.24, 2.45) is 5.92 Å². The SMILES string of the molecule is CCOC(=O)/C=C/C(=C/C1CCCCC1)CCC(C)=O. The summed E-state index contributed by atoms with van der Waals surface area (Å²) >= 11 is 0. The van der Waals surface area contributed by atoms with E-state index in [1.54, 1.807) is 13.8 Å². The van der Waals surface area contributed by atoms with Gasteiger partial charge in [-0.2, -0.15) is 0 Å². The minimum Gasteiger partial charge on any atom is -0.463 e. The van der Waals surface area contributed by atoms with Gasteiger partial charge in [-0.3, -0.25) is 0 Å². The van der Waals surface area contributed by atoms with Gasteiger partial charge in [0.15, 0.2) is 0 Å². The van der Waals surface area contributed by atoms with Crippen molar-refractivity contribution in [1.29, 1.82) is 0 Å². The van der Waals surface area contributed by atoms with E-state index >= 15 is 0 Å². The smallest absolute Gasteiger partial charge is 0.330 e. The number of hydrogen-bond donors (Lipinski definition) is 0. The average Bonchev–Trinajstić information content (AvgIpc) is 2.43. The molecule has 0 bridgehead atoms. The Morgan fingerprint density at radius 2 is 1.80 bits per heavy atom. The summed E-state index contributed by atoms with van der Waals surface area (Å²) in [6.07, 6.45) is 13.1. The van der Waals surface area contributed by atoms with E-state index in [-0.39, 0.29) is 11.8 Å². The van der Waals surface area contributed by atoms with E-state index < -0.39 is 0 Å². The molecular weight excluding hydrogens is 252 g/mol. The summed E-state index contributed by atoms with van der Waals surface area (Å²) in [7, 11) is 0. The molecule has 0 aliphatic heterocycles. The van der Waals surface area contributed by atoms with Gasteiger partial charge < -0.3 is 9.53 Å². The molecule has 3 heteroatoms. The first-order valence-corrected chi connectivity index (χ1v) is 7.66. The van der Waals surface area contributed by atoms with Gasteiger partial charge in [-0.15, -0.1) is 0 Å². The number of rotatable bonds is 7. The molecule has 0 spiro atoms. The van der Waals surface area contributed by atoms with Crippen LogP contribution in [0.5, 0.6) is 0 Å². The van der Waals surface area contributed by atoms with Gasteiger partial charge in [-0.1, -0.05) is 37.0 Å². The number of hydrogen-bond acceptors (Lipinski definition) is 3. The zero-order chi connectivity index (χ0) is 14.8. The molecule has 0 saturated heterocycles. The van der Waals surface area contributed by atoms with Gasteiger partial charge in [0.05, 0.1) is 6.61 Å². The third-order valence-electron chi connectivity index (χ3n) is 3.59. The molecule has 0 N–H and O–H groups in total. The lowest BCUT2D eigenvalue weighted by Crippen LogP contribution is -2.04. The number of carbonyl (C=O) groups excluding carboxylic acids is 2. The predicted molar refractivity (Wildman–Crippen MR) is 80.3 cm³/mol. The Labute approximate surface area is 122 Å². The Morgan fingerprint density at radius 3 is 2.40 bits per heavy atom. The molecule has 3 nitrogen and oxygen atoms in total. The summed E-state index contributed by atoms with van der Waals surface area (Å²) in [5.41, 5.74) is 1.08. The van der Waals surface area contributed by atoms with Crippen LogP contribution in [0.15, 0.2) is 23.8 Å². The number of Topliss-reactive ketones (excluding diaryl/α,β-unsaturated/α-hetero) is 1. The molecule has 0 amide bonds. The van der Waals surface area contributed by atoms with Crippen molar-refractivity contribution >= 4 is 11.8 Å². The van der Waals surface area contributed by atoms with Crippen LogP contribution in [0, 0.1) is 5.92 Å². The van der Waals surface area contributed by atoms with Crippen LogP contribution in [0.25, 0.3) is 0 Å². The van der Waals surface area contributed by atoms with Crippen molar-refractivity contribution < 1.29 is 14.3 Å². The highest BCUT2D eigenvalue weighted by Gasteiger charge is 2.11. The molecule has 0 heterocycles. The molecule has 0 aromatic carbocycles. The monoisotopic (exact) mass is 278 g/mol. The summed E-state index contributed by atoms with van der Waals surface area (Å²) in [6.45, 7) is 3.78. The Bertz CT molecular complexity index is 374. The maximum atomic E-state index is 11.4. The molecule has 1 saturated carbocycles. The largest absolute Gasteiger partial charge is 0.463 e. The summed E-state index contributed by atoms with van der Waals surface area (Å²) in [6, 6.07) is 0. The van der Waals surface area contributed by atoms with Gasteiger partial charge >= 0.3 is 5.97 Å². The summed E-state index contributed by atoms with van der Waals surface area (Å²) < 4.78 is 4.89. The van der Waals surface area contributed by atoms with Gasteiger partial charge in [-0.25, -0.2) is 4.79 Å². The maximum absolute atomic E-state index is 11.4. The second kappa shape index (κ2) is 9.51. The molecule has 0 radical (unpaired) electrons. The van der Waals surface area contributed by atoms with Gasteiger partial charge in [0.1, 0.15) is 5.78 Å². The highest BCUT2D eigenvalue weighted by Crippen LogP contribution is 2.26. The van der Waals surface area contributed by atoms with Crippen LogP contribution in [0.4, 0.5) is 0 Å². The normalized spacial score (nSPS) is 17.4. The highest BCUT2D eigenvalue weighted by atomic mass is 16.5. The predicted octanol–water partition coefficient (Wildman–Crippen LogP) is 3.98. The fourth-order valence-corrected chi connectivity index (χ4v) is 2.51. The second-order valence-corrected chi connectivity index (χ2v) is 5.43. The molecule has 0 unspecified atom stereocenters. The standard InChI is InChI=1S/C17H26O3/c1-3-20-17(19)12-11-16(10-9-14(2)18)13-15-7-5-4-6-8-15/h11-13,15H,3-10H2,1-2H3/b12-11+,16-13+. The van der Waals surface area contributed by atoms with Gasteiger partial charge in [-0.05, 0) is 39.0 Å². The van der Waals surface area contributed by atoms with E-state index in [0.29, 0.717) is 25.4 Å². The molecule has 1 fully saturated rings. The molecule has 0 aromatic heterocycles. The number of allylic oxidation sites excluding steroid dienone is 3. The van der Waals surface area contributed by atoms with Crippen LogP contribution in [-0.4, -0.2) is 18.4 Å². The maximum Gasteiger partial charge on any atom is 0.330 e. The molecular formula is C17H26O3. The highest BCUT2D eigenvalue weighted by molar-refractivity contribution is 5.82. The lowest BCUT2D eigenvalue weighted by molar-refractivity contribution is -0.137.